The Labute approximate surface area is 231 Å². The average Bonchev–Trinajstić information content (AvgIpc) is 2.88. The van der Waals surface area contributed by atoms with Gasteiger partial charge in [0.15, 0.2) is 0 Å². The van der Waals surface area contributed by atoms with Gasteiger partial charge in [-0.25, -0.2) is 0 Å². The molecule has 0 spiro atoms. The lowest BCUT2D eigenvalue weighted by Crippen LogP contribution is -2.54. The third-order valence-electron chi connectivity index (χ3n) is 6.96. The van der Waals surface area contributed by atoms with Gasteiger partial charge in [0.05, 0.1) is 23.3 Å². The average molecular weight is 562 g/mol. The SMILES string of the molecule is CN1C(=O)c2cc(NC(=O)c3ccc(C(F)(F)F)cc3)ccc2OC[C@@H]2O[C@H](CNC(=O)CC(C)(C)C)CC[C@@H]21. The number of halogens is 3. The van der Waals surface area contributed by atoms with Crippen LogP contribution in [0.25, 0.3) is 0 Å². The van der Waals surface area contributed by atoms with Crippen molar-refractivity contribution >= 4 is 23.4 Å². The highest BCUT2D eigenvalue weighted by Gasteiger charge is 2.39. The smallest absolute Gasteiger partial charge is 0.416 e. The molecule has 4 rings (SSSR count). The van der Waals surface area contributed by atoms with Crippen molar-refractivity contribution < 1.29 is 37.0 Å². The second-order valence-corrected chi connectivity index (χ2v) is 11.4. The number of alkyl halides is 3. The lowest BCUT2D eigenvalue weighted by atomic mass is 9.92. The normalized spacial score (nSPS) is 21.3. The Hall–Kier alpha value is -3.60. The predicted molar refractivity (Wildman–Crippen MR) is 142 cm³/mol. The summed E-state index contributed by atoms with van der Waals surface area (Å²) in [7, 11) is 1.69. The number of likely N-dealkylation sites (N-methyl/N-ethyl adjacent to an activating group) is 1. The van der Waals surface area contributed by atoms with E-state index in [1.54, 1.807) is 24.1 Å². The first kappa shape index (κ1) is 29.4. The number of rotatable bonds is 5. The molecule has 0 bridgehead atoms. The minimum Gasteiger partial charge on any atom is -0.490 e. The number of fused-ring (bicyclic) bond motifs is 2. The molecule has 2 heterocycles. The second-order valence-electron chi connectivity index (χ2n) is 11.4. The number of amides is 3. The molecular formula is C29H34F3N3O5. The van der Waals surface area contributed by atoms with Gasteiger partial charge in [-0.15, -0.1) is 0 Å². The number of hydrogen-bond acceptors (Lipinski definition) is 5. The molecule has 2 aliphatic heterocycles. The van der Waals surface area contributed by atoms with Crippen LogP contribution in [-0.2, 0) is 15.7 Å². The van der Waals surface area contributed by atoms with Crippen molar-refractivity contribution in [1.82, 2.24) is 10.2 Å². The van der Waals surface area contributed by atoms with Crippen LogP contribution < -0.4 is 15.4 Å². The standard InChI is InChI=1S/C29H34F3N3O5/c1-28(2,3)14-25(36)33-15-20-10-11-22-24(40-20)16-39-23-12-9-19(13-21(23)27(38)35(22)4)34-26(37)17-5-7-18(8-6-17)29(30,31)32/h5-9,12-13,20,22,24H,10-11,14-16H2,1-4H3,(H,33,36)(H,34,37)/t20-,22-,24-/m0/s1. The van der Waals surface area contributed by atoms with E-state index in [1.807, 2.05) is 20.8 Å². The van der Waals surface area contributed by atoms with Gasteiger partial charge in [0, 0.05) is 31.3 Å². The fraction of sp³-hybridized carbons (Fsp3) is 0.483. The van der Waals surface area contributed by atoms with Crippen LogP contribution in [0.15, 0.2) is 42.5 Å². The number of ether oxygens (including phenoxy) is 2. The highest BCUT2D eigenvalue weighted by molar-refractivity contribution is 6.05. The van der Waals surface area contributed by atoms with E-state index in [1.165, 1.54) is 6.07 Å². The molecule has 216 valence electrons. The Morgan fingerprint density at radius 3 is 2.40 bits per heavy atom. The summed E-state index contributed by atoms with van der Waals surface area (Å²) in [4.78, 5) is 39.9. The van der Waals surface area contributed by atoms with Crippen LogP contribution >= 0.6 is 0 Å². The third-order valence-corrected chi connectivity index (χ3v) is 6.96. The fourth-order valence-corrected chi connectivity index (χ4v) is 4.89. The van der Waals surface area contributed by atoms with Crippen molar-refractivity contribution in [2.75, 3.05) is 25.5 Å². The fourth-order valence-electron chi connectivity index (χ4n) is 4.89. The number of nitrogens with zero attached hydrogens (tertiary/aromatic N) is 1. The topological polar surface area (TPSA) is 97.0 Å². The summed E-state index contributed by atoms with van der Waals surface area (Å²) in [5.74, 6) is -0.625. The minimum atomic E-state index is -4.50. The molecule has 3 amide bonds. The third kappa shape index (κ3) is 7.12. The van der Waals surface area contributed by atoms with Crippen LogP contribution in [0, 0.1) is 5.41 Å². The number of benzene rings is 2. The lowest BCUT2D eigenvalue weighted by Gasteiger charge is -2.42. The molecule has 0 aliphatic carbocycles. The monoisotopic (exact) mass is 561 g/mol. The van der Waals surface area contributed by atoms with Gasteiger partial charge in [0.2, 0.25) is 5.91 Å². The van der Waals surface area contributed by atoms with E-state index < -0.39 is 17.6 Å². The van der Waals surface area contributed by atoms with Crippen molar-refractivity contribution in [2.45, 2.75) is 64.5 Å². The highest BCUT2D eigenvalue weighted by Crippen LogP contribution is 2.33. The Balaban J connectivity index is 1.42. The van der Waals surface area contributed by atoms with Gasteiger partial charge < -0.3 is 25.0 Å². The zero-order chi connectivity index (χ0) is 29.2. The summed E-state index contributed by atoms with van der Waals surface area (Å²) in [6.07, 6.45) is -3.35. The number of carbonyl (C=O) groups excluding carboxylic acids is 3. The van der Waals surface area contributed by atoms with E-state index in [0.717, 1.165) is 24.3 Å². The van der Waals surface area contributed by atoms with E-state index in [0.29, 0.717) is 37.2 Å². The van der Waals surface area contributed by atoms with Crippen LogP contribution in [-0.4, -0.2) is 61.1 Å². The van der Waals surface area contributed by atoms with Gasteiger partial charge in [-0.2, -0.15) is 13.2 Å². The zero-order valence-corrected chi connectivity index (χ0v) is 22.9. The Kier molecular flexibility index (Phi) is 8.44. The molecular weight excluding hydrogens is 527 g/mol. The van der Waals surface area contributed by atoms with Crippen LogP contribution in [0.1, 0.15) is 66.3 Å². The molecule has 40 heavy (non-hydrogen) atoms. The Bertz CT molecular complexity index is 1260. The summed E-state index contributed by atoms with van der Waals surface area (Å²) in [5, 5.41) is 5.57. The van der Waals surface area contributed by atoms with Crippen LogP contribution in [0.3, 0.4) is 0 Å². The maximum absolute atomic E-state index is 13.4. The summed E-state index contributed by atoms with van der Waals surface area (Å²) in [6, 6.07) is 8.25. The number of nitrogens with one attached hydrogen (secondary N) is 2. The van der Waals surface area contributed by atoms with Gasteiger partial charge in [-0.1, -0.05) is 20.8 Å². The lowest BCUT2D eigenvalue weighted by molar-refractivity contribution is -0.137. The molecule has 0 aromatic heterocycles. The van der Waals surface area contributed by atoms with E-state index in [4.69, 9.17) is 9.47 Å². The van der Waals surface area contributed by atoms with Crippen LogP contribution in [0.5, 0.6) is 5.75 Å². The number of carbonyl (C=O) groups is 3. The van der Waals surface area contributed by atoms with E-state index >= 15 is 0 Å². The Morgan fingerprint density at radius 2 is 1.75 bits per heavy atom. The van der Waals surface area contributed by atoms with Crippen molar-refractivity contribution in [3.05, 3.63) is 59.2 Å². The maximum Gasteiger partial charge on any atom is 0.416 e. The van der Waals surface area contributed by atoms with Gasteiger partial charge in [0.1, 0.15) is 18.5 Å². The molecule has 2 aromatic rings. The molecule has 11 heteroatoms. The largest absolute Gasteiger partial charge is 0.490 e. The first-order valence-corrected chi connectivity index (χ1v) is 13.2. The van der Waals surface area contributed by atoms with Crippen molar-refractivity contribution in [3.63, 3.8) is 0 Å². The molecule has 1 saturated heterocycles. The number of anilines is 1. The molecule has 1 fully saturated rings. The minimum absolute atomic E-state index is 0.0328. The van der Waals surface area contributed by atoms with Crippen molar-refractivity contribution in [2.24, 2.45) is 5.41 Å². The summed E-state index contributed by atoms with van der Waals surface area (Å²) in [5.41, 5.74) is -0.361. The summed E-state index contributed by atoms with van der Waals surface area (Å²) >= 11 is 0. The van der Waals surface area contributed by atoms with Crippen molar-refractivity contribution in [1.29, 1.82) is 0 Å². The first-order chi connectivity index (χ1) is 18.7. The number of hydrogen-bond donors (Lipinski definition) is 2. The maximum atomic E-state index is 13.4. The Morgan fingerprint density at radius 1 is 1.05 bits per heavy atom. The molecule has 2 aliphatic rings. The first-order valence-electron chi connectivity index (χ1n) is 13.2. The van der Waals surface area contributed by atoms with E-state index in [2.05, 4.69) is 10.6 Å². The molecule has 0 unspecified atom stereocenters. The predicted octanol–water partition coefficient (Wildman–Crippen LogP) is 4.89. The van der Waals surface area contributed by atoms with Gasteiger partial charge >= 0.3 is 6.18 Å². The highest BCUT2D eigenvalue weighted by atomic mass is 19.4. The molecule has 0 saturated carbocycles. The van der Waals surface area contributed by atoms with Gasteiger partial charge in [-0.3, -0.25) is 14.4 Å². The van der Waals surface area contributed by atoms with E-state index in [9.17, 15) is 27.6 Å². The molecule has 8 nitrogen and oxygen atoms in total. The summed E-state index contributed by atoms with van der Waals surface area (Å²) in [6.45, 7) is 6.58. The molecule has 3 atom stereocenters. The molecule has 2 aromatic carbocycles. The van der Waals surface area contributed by atoms with Gasteiger partial charge in [-0.05, 0) is 60.7 Å². The van der Waals surface area contributed by atoms with Crippen LogP contribution in [0.2, 0.25) is 0 Å². The van der Waals surface area contributed by atoms with Gasteiger partial charge in [0.25, 0.3) is 11.8 Å². The molecule has 2 N–H and O–H groups in total. The quantitative estimate of drug-likeness (QED) is 0.542. The molecule has 0 radical (unpaired) electrons. The van der Waals surface area contributed by atoms with Crippen molar-refractivity contribution in [3.8, 4) is 5.75 Å². The zero-order valence-electron chi connectivity index (χ0n) is 22.9. The second kappa shape index (κ2) is 11.5. The van der Waals surface area contributed by atoms with E-state index in [-0.39, 0.29) is 53.2 Å². The van der Waals surface area contributed by atoms with Crippen LogP contribution in [0.4, 0.5) is 18.9 Å². The summed E-state index contributed by atoms with van der Waals surface area (Å²) < 4.78 is 50.7.